The Bertz CT molecular complexity index is 682. The van der Waals surface area contributed by atoms with E-state index in [1.165, 1.54) is 0 Å². The lowest BCUT2D eigenvalue weighted by molar-refractivity contribution is -0.142. The number of carbonyl (C=O) groups is 2. The molecule has 0 saturated carbocycles. The first-order chi connectivity index (χ1) is 11.6. The van der Waals surface area contributed by atoms with Gasteiger partial charge in [0.25, 0.3) is 0 Å². The maximum atomic E-state index is 11.8. The molecule has 0 aliphatic heterocycles. The third-order valence-electron chi connectivity index (χ3n) is 3.54. The Hall–Kier alpha value is -2.38. The number of aromatic amines is 1. The molecule has 0 radical (unpaired) electrons. The Morgan fingerprint density at radius 2 is 2.00 bits per heavy atom. The minimum absolute atomic E-state index is 0.190. The number of amides is 1. The highest BCUT2D eigenvalue weighted by Crippen LogP contribution is 2.19. The van der Waals surface area contributed by atoms with Crippen molar-refractivity contribution in [3.8, 4) is 0 Å². The lowest BCUT2D eigenvalue weighted by atomic mass is 10.1. The van der Waals surface area contributed by atoms with Crippen LogP contribution in [-0.2, 0) is 25.5 Å². The van der Waals surface area contributed by atoms with Gasteiger partial charge in [0.05, 0.1) is 13.2 Å². The summed E-state index contributed by atoms with van der Waals surface area (Å²) in [5, 5.41) is 12.8. The van der Waals surface area contributed by atoms with E-state index in [2.05, 4.69) is 10.3 Å². The van der Waals surface area contributed by atoms with Gasteiger partial charge >= 0.3 is 5.97 Å². The molecule has 1 amide bonds. The second kappa shape index (κ2) is 9.05. The highest BCUT2D eigenvalue weighted by atomic mass is 16.5. The summed E-state index contributed by atoms with van der Waals surface area (Å²) in [4.78, 5) is 26.4. The third-order valence-corrected chi connectivity index (χ3v) is 3.54. The smallest absolute Gasteiger partial charge is 0.326 e. The summed E-state index contributed by atoms with van der Waals surface area (Å²) in [5.74, 6) is -1.54. The second-order valence-electron chi connectivity index (χ2n) is 5.27. The fraction of sp³-hybridized carbons (Fsp3) is 0.412. The van der Waals surface area contributed by atoms with Crippen molar-refractivity contribution in [2.45, 2.75) is 19.4 Å². The number of rotatable bonds is 10. The summed E-state index contributed by atoms with van der Waals surface area (Å²) in [6, 6.07) is 6.61. The standard InChI is InChI=1S/C17H22N2O5/c1-2-23-7-8-24-11-16(20)19-15(17(21)22)9-12-10-18-14-6-4-3-5-13(12)14/h3-6,10,15,18H,2,7-9,11H2,1H3,(H,19,20)(H,21,22). The van der Waals surface area contributed by atoms with Crippen LogP contribution >= 0.6 is 0 Å². The zero-order valence-electron chi connectivity index (χ0n) is 13.6. The molecule has 0 spiro atoms. The van der Waals surface area contributed by atoms with Crippen molar-refractivity contribution in [1.82, 2.24) is 10.3 Å². The van der Waals surface area contributed by atoms with E-state index in [1.807, 2.05) is 31.2 Å². The number of para-hydroxylation sites is 1. The summed E-state index contributed by atoms with van der Waals surface area (Å²) in [7, 11) is 0. The van der Waals surface area contributed by atoms with E-state index in [4.69, 9.17) is 9.47 Å². The van der Waals surface area contributed by atoms with Crippen LogP contribution in [-0.4, -0.2) is 54.4 Å². The molecule has 0 aliphatic rings. The minimum Gasteiger partial charge on any atom is -0.480 e. The molecule has 0 saturated heterocycles. The normalized spacial score (nSPS) is 12.2. The van der Waals surface area contributed by atoms with E-state index in [-0.39, 0.29) is 13.0 Å². The predicted octanol–water partition coefficient (Wildman–Crippen LogP) is 1.33. The molecule has 7 nitrogen and oxygen atoms in total. The van der Waals surface area contributed by atoms with Crippen LogP contribution in [0.1, 0.15) is 12.5 Å². The molecule has 0 aliphatic carbocycles. The molecule has 1 unspecified atom stereocenters. The predicted molar refractivity (Wildman–Crippen MR) is 88.9 cm³/mol. The van der Waals surface area contributed by atoms with Crippen molar-refractivity contribution < 1.29 is 24.2 Å². The number of hydrogen-bond donors (Lipinski definition) is 3. The van der Waals surface area contributed by atoms with Crippen LogP contribution in [0.4, 0.5) is 0 Å². The van der Waals surface area contributed by atoms with E-state index in [1.54, 1.807) is 6.20 Å². The molecule has 1 atom stereocenters. The van der Waals surface area contributed by atoms with Crippen molar-refractivity contribution in [2.24, 2.45) is 0 Å². The average molecular weight is 334 g/mol. The molecule has 2 aromatic rings. The van der Waals surface area contributed by atoms with Gasteiger partial charge in [-0.05, 0) is 18.6 Å². The lowest BCUT2D eigenvalue weighted by Crippen LogP contribution is -2.44. The van der Waals surface area contributed by atoms with Crippen molar-refractivity contribution in [2.75, 3.05) is 26.4 Å². The molecule has 1 heterocycles. The molecular formula is C17H22N2O5. The number of aliphatic carboxylic acids is 1. The zero-order valence-corrected chi connectivity index (χ0v) is 13.6. The maximum absolute atomic E-state index is 11.8. The molecule has 0 fully saturated rings. The Kier molecular flexibility index (Phi) is 6.77. The van der Waals surface area contributed by atoms with Gasteiger partial charge in [0, 0.05) is 30.1 Å². The molecule has 2 rings (SSSR count). The van der Waals surface area contributed by atoms with Gasteiger partial charge in [-0.15, -0.1) is 0 Å². The summed E-state index contributed by atoms with van der Waals surface area (Å²) < 4.78 is 10.2. The molecule has 1 aromatic heterocycles. The van der Waals surface area contributed by atoms with E-state index in [0.29, 0.717) is 19.8 Å². The van der Waals surface area contributed by atoms with Gasteiger partial charge in [-0.1, -0.05) is 18.2 Å². The average Bonchev–Trinajstić information content (AvgIpc) is 2.97. The van der Waals surface area contributed by atoms with E-state index >= 15 is 0 Å². The summed E-state index contributed by atoms with van der Waals surface area (Å²) in [6.45, 7) is 2.96. The molecule has 1 aromatic carbocycles. The molecular weight excluding hydrogens is 312 g/mol. The lowest BCUT2D eigenvalue weighted by Gasteiger charge is -2.14. The summed E-state index contributed by atoms with van der Waals surface area (Å²) in [5.41, 5.74) is 1.78. The van der Waals surface area contributed by atoms with Crippen LogP contribution in [0.25, 0.3) is 10.9 Å². The topological polar surface area (TPSA) is 101 Å². The van der Waals surface area contributed by atoms with Crippen LogP contribution in [0.5, 0.6) is 0 Å². The van der Waals surface area contributed by atoms with Gasteiger partial charge in [-0.2, -0.15) is 0 Å². The molecule has 0 bridgehead atoms. The first-order valence-electron chi connectivity index (χ1n) is 7.84. The minimum atomic E-state index is -1.08. The Morgan fingerprint density at radius 1 is 1.25 bits per heavy atom. The van der Waals surface area contributed by atoms with Gasteiger partial charge in [-0.3, -0.25) is 4.79 Å². The second-order valence-corrected chi connectivity index (χ2v) is 5.27. The monoisotopic (exact) mass is 334 g/mol. The number of H-pyrrole nitrogens is 1. The molecule has 7 heteroatoms. The number of ether oxygens (including phenoxy) is 2. The van der Waals surface area contributed by atoms with E-state index in [0.717, 1.165) is 16.5 Å². The van der Waals surface area contributed by atoms with Gasteiger partial charge in [0.1, 0.15) is 12.6 Å². The number of aromatic nitrogens is 1. The fourth-order valence-electron chi connectivity index (χ4n) is 2.38. The van der Waals surface area contributed by atoms with Crippen LogP contribution in [0.15, 0.2) is 30.5 Å². The summed E-state index contributed by atoms with van der Waals surface area (Å²) in [6.07, 6.45) is 1.97. The Morgan fingerprint density at radius 3 is 2.75 bits per heavy atom. The maximum Gasteiger partial charge on any atom is 0.326 e. The SMILES string of the molecule is CCOCCOCC(=O)NC(Cc1c[nH]c2ccccc12)C(=O)O. The fourth-order valence-corrected chi connectivity index (χ4v) is 2.38. The molecule has 3 N–H and O–H groups in total. The number of carbonyl (C=O) groups excluding carboxylic acids is 1. The third kappa shape index (κ3) is 5.07. The number of benzene rings is 1. The van der Waals surface area contributed by atoms with Crippen LogP contribution in [0, 0.1) is 0 Å². The number of hydrogen-bond acceptors (Lipinski definition) is 4. The van der Waals surface area contributed by atoms with Crippen LogP contribution < -0.4 is 5.32 Å². The number of nitrogens with one attached hydrogen (secondary N) is 2. The van der Waals surface area contributed by atoms with Crippen molar-refractivity contribution in [1.29, 1.82) is 0 Å². The van der Waals surface area contributed by atoms with Gasteiger partial charge < -0.3 is 24.9 Å². The van der Waals surface area contributed by atoms with Gasteiger partial charge in [0.15, 0.2) is 0 Å². The quantitative estimate of drug-likeness (QED) is 0.569. The summed E-state index contributed by atoms with van der Waals surface area (Å²) >= 11 is 0. The first-order valence-corrected chi connectivity index (χ1v) is 7.84. The Balaban J connectivity index is 1.90. The Labute approximate surface area is 140 Å². The van der Waals surface area contributed by atoms with E-state index in [9.17, 15) is 14.7 Å². The van der Waals surface area contributed by atoms with Crippen molar-refractivity contribution in [3.05, 3.63) is 36.0 Å². The number of carboxylic acid groups (broad SMARTS) is 1. The van der Waals surface area contributed by atoms with Crippen molar-refractivity contribution in [3.63, 3.8) is 0 Å². The van der Waals surface area contributed by atoms with Gasteiger partial charge in [-0.25, -0.2) is 4.79 Å². The van der Waals surface area contributed by atoms with Gasteiger partial charge in [0.2, 0.25) is 5.91 Å². The van der Waals surface area contributed by atoms with E-state index < -0.39 is 17.9 Å². The largest absolute Gasteiger partial charge is 0.480 e. The number of carboxylic acids is 1. The first kappa shape index (κ1) is 18.0. The molecule has 130 valence electrons. The highest BCUT2D eigenvalue weighted by Gasteiger charge is 2.21. The number of fused-ring (bicyclic) bond motifs is 1. The molecule has 24 heavy (non-hydrogen) atoms. The highest BCUT2D eigenvalue weighted by molar-refractivity contribution is 5.87. The van der Waals surface area contributed by atoms with Crippen molar-refractivity contribution >= 4 is 22.8 Å². The zero-order chi connectivity index (χ0) is 17.4. The van der Waals surface area contributed by atoms with Crippen LogP contribution in [0.3, 0.4) is 0 Å². The van der Waals surface area contributed by atoms with Crippen LogP contribution in [0.2, 0.25) is 0 Å².